The number of aryl methyl sites for hydroxylation is 1. The van der Waals surface area contributed by atoms with Crippen molar-refractivity contribution in [2.24, 2.45) is 7.05 Å². The maximum absolute atomic E-state index is 4.09. The Kier molecular flexibility index (Phi) is 3.48. The van der Waals surface area contributed by atoms with Gasteiger partial charge in [-0.1, -0.05) is 0 Å². The zero-order valence-corrected chi connectivity index (χ0v) is 12.0. The Balaban J connectivity index is 1.99. The molecule has 0 unspecified atom stereocenters. The zero-order valence-electron chi connectivity index (χ0n) is 8.00. The van der Waals surface area contributed by atoms with Crippen LogP contribution in [0.15, 0.2) is 26.7 Å². The van der Waals surface area contributed by atoms with Crippen molar-refractivity contribution in [3.05, 3.63) is 31.6 Å². The fourth-order valence-corrected chi connectivity index (χ4v) is 3.30. The van der Waals surface area contributed by atoms with Crippen LogP contribution in [-0.4, -0.2) is 9.78 Å². The standard InChI is InChI=1S/C9H9Br2N3S/c1-14-5-6(3-13-14)12-4-7-2-8(10)9(11)15-7/h2-3,5,12H,4H2,1H3. The molecule has 0 bridgehead atoms. The van der Waals surface area contributed by atoms with Crippen molar-refractivity contribution in [2.75, 3.05) is 5.32 Å². The lowest BCUT2D eigenvalue weighted by molar-refractivity contribution is 0.768. The van der Waals surface area contributed by atoms with Crippen LogP contribution in [0, 0.1) is 0 Å². The molecule has 6 heteroatoms. The summed E-state index contributed by atoms with van der Waals surface area (Å²) in [4.78, 5) is 1.28. The third-order valence-electron chi connectivity index (χ3n) is 1.87. The number of thiophene rings is 1. The lowest BCUT2D eigenvalue weighted by atomic mass is 10.4. The molecule has 0 radical (unpaired) electrons. The average molecular weight is 351 g/mol. The number of nitrogens with one attached hydrogen (secondary N) is 1. The van der Waals surface area contributed by atoms with Crippen LogP contribution in [0.25, 0.3) is 0 Å². The van der Waals surface area contributed by atoms with E-state index < -0.39 is 0 Å². The van der Waals surface area contributed by atoms with E-state index in [1.165, 1.54) is 4.88 Å². The topological polar surface area (TPSA) is 29.9 Å². The summed E-state index contributed by atoms with van der Waals surface area (Å²) >= 11 is 8.66. The first kappa shape index (κ1) is 11.2. The van der Waals surface area contributed by atoms with Crippen LogP contribution in [0.2, 0.25) is 0 Å². The molecule has 1 N–H and O–H groups in total. The third kappa shape index (κ3) is 2.83. The largest absolute Gasteiger partial charge is 0.378 e. The van der Waals surface area contributed by atoms with Crippen LogP contribution in [0.3, 0.4) is 0 Å². The minimum atomic E-state index is 0.820. The summed E-state index contributed by atoms with van der Waals surface area (Å²) in [7, 11) is 1.91. The molecule has 0 saturated heterocycles. The Morgan fingerprint density at radius 2 is 2.33 bits per heavy atom. The van der Waals surface area contributed by atoms with Crippen LogP contribution < -0.4 is 5.32 Å². The van der Waals surface area contributed by atoms with Crippen molar-refractivity contribution in [1.82, 2.24) is 9.78 Å². The molecule has 0 fully saturated rings. The van der Waals surface area contributed by atoms with Gasteiger partial charge in [-0.25, -0.2) is 0 Å². The highest BCUT2D eigenvalue weighted by atomic mass is 79.9. The molecule has 0 amide bonds. The van der Waals surface area contributed by atoms with Crippen LogP contribution in [-0.2, 0) is 13.6 Å². The normalized spacial score (nSPS) is 10.6. The van der Waals surface area contributed by atoms with Gasteiger partial charge in [-0.3, -0.25) is 4.68 Å². The summed E-state index contributed by atoms with van der Waals surface area (Å²) in [5, 5.41) is 7.40. The average Bonchev–Trinajstić information content (AvgIpc) is 2.72. The molecule has 2 aromatic rings. The summed E-state index contributed by atoms with van der Waals surface area (Å²) in [5.41, 5.74) is 1.04. The first-order valence-electron chi connectivity index (χ1n) is 4.31. The summed E-state index contributed by atoms with van der Waals surface area (Å²) in [6.07, 6.45) is 3.77. The van der Waals surface area contributed by atoms with Crippen molar-refractivity contribution < 1.29 is 0 Å². The number of rotatable bonds is 3. The number of nitrogens with zero attached hydrogens (tertiary/aromatic N) is 2. The van der Waals surface area contributed by atoms with E-state index in [9.17, 15) is 0 Å². The van der Waals surface area contributed by atoms with E-state index in [0.29, 0.717) is 0 Å². The summed E-state index contributed by atoms with van der Waals surface area (Å²) in [6.45, 7) is 0.820. The van der Waals surface area contributed by atoms with Crippen LogP contribution in [0.4, 0.5) is 5.69 Å². The Morgan fingerprint density at radius 3 is 2.87 bits per heavy atom. The van der Waals surface area contributed by atoms with E-state index >= 15 is 0 Å². The monoisotopic (exact) mass is 349 g/mol. The molecule has 0 aliphatic rings. The van der Waals surface area contributed by atoms with E-state index in [4.69, 9.17) is 0 Å². The Morgan fingerprint density at radius 1 is 1.53 bits per heavy atom. The van der Waals surface area contributed by atoms with Crippen molar-refractivity contribution in [3.8, 4) is 0 Å². The molecular formula is C9H9Br2N3S. The van der Waals surface area contributed by atoms with E-state index in [0.717, 1.165) is 20.5 Å². The minimum absolute atomic E-state index is 0.820. The van der Waals surface area contributed by atoms with Gasteiger partial charge in [-0.2, -0.15) is 5.10 Å². The highest BCUT2D eigenvalue weighted by Gasteiger charge is 2.04. The van der Waals surface area contributed by atoms with Gasteiger partial charge in [-0.05, 0) is 37.9 Å². The van der Waals surface area contributed by atoms with E-state index in [1.807, 2.05) is 19.4 Å². The van der Waals surface area contributed by atoms with E-state index in [2.05, 4.69) is 48.3 Å². The molecule has 0 atom stereocenters. The molecule has 2 rings (SSSR count). The molecular weight excluding hydrogens is 342 g/mol. The molecule has 15 heavy (non-hydrogen) atoms. The van der Waals surface area contributed by atoms with Crippen molar-refractivity contribution >= 4 is 48.9 Å². The number of halogens is 2. The SMILES string of the molecule is Cn1cc(NCc2cc(Br)c(Br)s2)cn1. The Hall–Kier alpha value is -0.330. The first-order valence-corrected chi connectivity index (χ1v) is 6.71. The van der Waals surface area contributed by atoms with Crippen LogP contribution >= 0.6 is 43.2 Å². The lowest BCUT2D eigenvalue weighted by Crippen LogP contribution is -1.95. The maximum Gasteiger partial charge on any atom is 0.0843 e. The second-order valence-electron chi connectivity index (χ2n) is 3.09. The number of hydrogen-bond acceptors (Lipinski definition) is 3. The van der Waals surface area contributed by atoms with Gasteiger partial charge in [-0.15, -0.1) is 11.3 Å². The highest BCUT2D eigenvalue weighted by molar-refractivity contribution is 9.13. The molecule has 0 saturated carbocycles. The fraction of sp³-hybridized carbons (Fsp3) is 0.222. The molecule has 3 nitrogen and oxygen atoms in total. The highest BCUT2D eigenvalue weighted by Crippen LogP contribution is 2.32. The molecule has 0 spiro atoms. The van der Waals surface area contributed by atoms with Crippen LogP contribution in [0.5, 0.6) is 0 Å². The second-order valence-corrected chi connectivity index (χ2v) is 6.40. The van der Waals surface area contributed by atoms with Gasteiger partial charge in [0.25, 0.3) is 0 Å². The summed E-state index contributed by atoms with van der Waals surface area (Å²) < 4.78 is 4.02. The first-order chi connectivity index (χ1) is 7.15. The number of hydrogen-bond donors (Lipinski definition) is 1. The predicted octanol–water partition coefficient (Wildman–Crippen LogP) is 3.62. The van der Waals surface area contributed by atoms with Crippen molar-refractivity contribution in [2.45, 2.75) is 6.54 Å². The van der Waals surface area contributed by atoms with Crippen LogP contribution in [0.1, 0.15) is 4.88 Å². The maximum atomic E-state index is 4.09. The number of anilines is 1. The summed E-state index contributed by atoms with van der Waals surface area (Å²) in [6, 6.07) is 2.11. The van der Waals surface area contributed by atoms with Gasteiger partial charge in [0.05, 0.1) is 15.7 Å². The van der Waals surface area contributed by atoms with Gasteiger partial charge in [0.2, 0.25) is 0 Å². The Bertz CT molecular complexity index is 444. The van der Waals surface area contributed by atoms with Gasteiger partial charge < -0.3 is 5.32 Å². The van der Waals surface area contributed by atoms with Crippen molar-refractivity contribution in [1.29, 1.82) is 0 Å². The third-order valence-corrected chi connectivity index (χ3v) is 5.12. The lowest BCUT2D eigenvalue weighted by Gasteiger charge is -1.99. The fourth-order valence-electron chi connectivity index (χ4n) is 1.18. The van der Waals surface area contributed by atoms with Gasteiger partial charge in [0, 0.05) is 29.1 Å². The molecule has 0 aliphatic heterocycles. The van der Waals surface area contributed by atoms with E-state index in [-0.39, 0.29) is 0 Å². The van der Waals surface area contributed by atoms with Gasteiger partial charge in [0.1, 0.15) is 0 Å². The molecule has 80 valence electrons. The number of aromatic nitrogens is 2. The van der Waals surface area contributed by atoms with E-state index in [1.54, 1.807) is 16.0 Å². The zero-order chi connectivity index (χ0) is 10.8. The molecule has 0 aromatic carbocycles. The predicted molar refractivity (Wildman–Crippen MR) is 70.3 cm³/mol. The quantitative estimate of drug-likeness (QED) is 0.916. The molecule has 2 heterocycles. The molecule has 2 aromatic heterocycles. The minimum Gasteiger partial charge on any atom is -0.378 e. The van der Waals surface area contributed by atoms with Crippen molar-refractivity contribution in [3.63, 3.8) is 0 Å². The summed E-state index contributed by atoms with van der Waals surface area (Å²) in [5.74, 6) is 0. The smallest absolute Gasteiger partial charge is 0.0843 e. The Labute approximate surface area is 109 Å². The second kappa shape index (κ2) is 4.67. The molecule has 0 aliphatic carbocycles. The van der Waals surface area contributed by atoms with Gasteiger partial charge >= 0.3 is 0 Å². The van der Waals surface area contributed by atoms with Gasteiger partial charge in [0.15, 0.2) is 0 Å².